The first-order chi connectivity index (χ1) is 17.3. The van der Waals surface area contributed by atoms with E-state index in [0.29, 0.717) is 10.8 Å². The van der Waals surface area contributed by atoms with Crippen LogP contribution in [-0.2, 0) is 16.1 Å². The summed E-state index contributed by atoms with van der Waals surface area (Å²) in [5.74, 6) is -1.30. The monoisotopic (exact) mass is 495 g/mol. The third kappa shape index (κ3) is 7.45. The molecule has 1 aliphatic rings. The standard InChI is InChI=1S/C27H37N5O4/c1-20-8-10-22(11-9-20)19-31(27(34)32(35)18-21(2)25(33)36-3)26(28)29-23-12-14-24(15-13-23)30-16-6-4-5-7-17-30/h8-15,21,35H,4-7,16-19H2,1-3H3,(H2,28,29)/t21-/m0/s1. The maximum absolute atomic E-state index is 13.2. The molecule has 1 saturated heterocycles. The van der Waals surface area contributed by atoms with Crippen LogP contribution in [0, 0.1) is 12.8 Å². The van der Waals surface area contributed by atoms with E-state index in [2.05, 4.69) is 9.89 Å². The Balaban J connectivity index is 1.81. The number of carbonyl (C=O) groups excluding carboxylic acids is 2. The lowest BCUT2D eigenvalue weighted by atomic mass is 10.1. The summed E-state index contributed by atoms with van der Waals surface area (Å²) in [4.78, 5) is 33.0. The van der Waals surface area contributed by atoms with Gasteiger partial charge in [0, 0.05) is 18.8 Å². The minimum absolute atomic E-state index is 0.0622. The largest absolute Gasteiger partial charge is 0.469 e. The quantitative estimate of drug-likeness (QED) is 0.193. The highest BCUT2D eigenvalue weighted by Crippen LogP contribution is 2.23. The first kappa shape index (κ1) is 27.0. The second-order valence-corrected chi connectivity index (χ2v) is 9.25. The first-order valence-corrected chi connectivity index (χ1v) is 12.4. The number of carbonyl (C=O) groups is 2. The van der Waals surface area contributed by atoms with Crippen molar-refractivity contribution in [1.29, 1.82) is 0 Å². The number of aryl methyl sites for hydroxylation is 1. The van der Waals surface area contributed by atoms with Gasteiger partial charge in [-0.05, 0) is 49.6 Å². The molecular weight excluding hydrogens is 458 g/mol. The normalized spacial score (nSPS) is 15.1. The molecule has 36 heavy (non-hydrogen) atoms. The van der Waals surface area contributed by atoms with Crippen molar-refractivity contribution in [2.24, 2.45) is 16.6 Å². The Hall–Kier alpha value is -3.59. The average Bonchev–Trinajstić information content (AvgIpc) is 3.17. The van der Waals surface area contributed by atoms with Crippen LogP contribution in [0.3, 0.4) is 0 Å². The third-order valence-corrected chi connectivity index (χ3v) is 6.30. The fraction of sp³-hybridized carbons (Fsp3) is 0.444. The van der Waals surface area contributed by atoms with Crippen molar-refractivity contribution in [1.82, 2.24) is 9.96 Å². The SMILES string of the molecule is COC(=O)[C@@H](C)CN(O)C(=O)N(Cc1ccc(C)cc1)/C(N)=N/c1ccc(N2CCCCCC2)cc1. The number of rotatable bonds is 7. The predicted octanol–water partition coefficient (Wildman–Crippen LogP) is 4.44. The van der Waals surface area contributed by atoms with E-state index in [9.17, 15) is 14.8 Å². The number of hydrogen-bond donors (Lipinski definition) is 2. The molecule has 2 aromatic carbocycles. The molecule has 0 aliphatic carbocycles. The molecule has 3 rings (SSSR count). The summed E-state index contributed by atoms with van der Waals surface area (Å²) in [7, 11) is 1.26. The van der Waals surface area contributed by atoms with Crippen molar-refractivity contribution in [3.63, 3.8) is 0 Å². The van der Waals surface area contributed by atoms with Gasteiger partial charge in [-0.15, -0.1) is 0 Å². The summed E-state index contributed by atoms with van der Waals surface area (Å²) in [6, 6.07) is 14.6. The maximum Gasteiger partial charge on any atom is 0.350 e. The zero-order valence-electron chi connectivity index (χ0n) is 21.4. The molecule has 0 bridgehead atoms. The molecule has 2 aromatic rings. The first-order valence-electron chi connectivity index (χ1n) is 12.4. The van der Waals surface area contributed by atoms with Crippen LogP contribution < -0.4 is 10.6 Å². The average molecular weight is 496 g/mol. The highest BCUT2D eigenvalue weighted by atomic mass is 16.5. The Kier molecular flexibility index (Phi) is 9.69. The Labute approximate surface area is 213 Å². The van der Waals surface area contributed by atoms with E-state index < -0.39 is 17.9 Å². The Bertz CT molecular complexity index is 1030. The number of aliphatic imine (C=N–C) groups is 1. The van der Waals surface area contributed by atoms with Crippen LogP contribution in [0.2, 0.25) is 0 Å². The van der Waals surface area contributed by atoms with Crippen LogP contribution in [-0.4, -0.2) is 59.9 Å². The van der Waals surface area contributed by atoms with Gasteiger partial charge in [-0.1, -0.05) is 49.6 Å². The van der Waals surface area contributed by atoms with E-state index in [4.69, 9.17) is 10.5 Å². The van der Waals surface area contributed by atoms with Gasteiger partial charge >= 0.3 is 12.0 Å². The fourth-order valence-electron chi connectivity index (χ4n) is 4.13. The number of urea groups is 1. The van der Waals surface area contributed by atoms with E-state index in [1.54, 1.807) is 6.92 Å². The molecule has 3 N–H and O–H groups in total. The molecular formula is C27H37N5O4. The number of nitrogens with zero attached hydrogens (tertiary/aromatic N) is 4. The van der Waals surface area contributed by atoms with Crippen LogP contribution in [0.25, 0.3) is 0 Å². The van der Waals surface area contributed by atoms with Gasteiger partial charge in [0.2, 0.25) is 5.96 Å². The van der Waals surface area contributed by atoms with Gasteiger partial charge in [0.05, 0.1) is 31.8 Å². The topological polar surface area (TPSA) is 112 Å². The van der Waals surface area contributed by atoms with E-state index in [-0.39, 0.29) is 19.0 Å². The van der Waals surface area contributed by atoms with E-state index in [1.807, 2.05) is 55.5 Å². The van der Waals surface area contributed by atoms with Gasteiger partial charge in [-0.2, -0.15) is 0 Å². The lowest BCUT2D eigenvalue weighted by Gasteiger charge is -2.27. The van der Waals surface area contributed by atoms with Crippen molar-refractivity contribution in [3.8, 4) is 0 Å². The number of benzene rings is 2. The Morgan fingerprint density at radius 2 is 1.67 bits per heavy atom. The van der Waals surface area contributed by atoms with E-state index in [0.717, 1.165) is 29.9 Å². The number of hydrogen-bond acceptors (Lipinski definition) is 6. The number of guanidine groups is 1. The van der Waals surface area contributed by atoms with Crippen LogP contribution in [0.1, 0.15) is 43.7 Å². The van der Waals surface area contributed by atoms with E-state index in [1.165, 1.54) is 37.7 Å². The molecule has 1 atom stereocenters. The zero-order valence-corrected chi connectivity index (χ0v) is 21.4. The molecule has 1 aliphatic heterocycles. The summed E-state index contributed by atoms with van der Waals surface area (Å²) in [5.41, 5.74) is 9.94. The molecule has 0 spiro atoms. The molecule has 194 valence electrons. The molecule has 2 amide bonds. The molecule has 0 aromatic heterocycles. The van der Waals surface area contributed by atoms with E-state index >= 15 is 0 Å². The van der Waals surface area contributed by atoms with Gasteiger partial charge in [0.1, 0.15) is 0 Å². The number of ether oxygens (including phenoxy) is 1. The fourth-order valence-corrected chi connectivity index (χ4v) is 4.13. The molecule has 0 radical (unpaired) electrons. The number of nitrogens with two attached hydrogens (primary N) is 1. The van der Waals surface area contributed by atoms with Crippen LogP contribution >= 0.6 is 0 Å². The van der Waals surface area contributed by atoms with Crippen molar-refractivity contribution in [2.75, 3.05) is 31.6 Å². The molecule has 1 heterocycles. The van der Waals surface area contributed by atoms with Gasteiger partial charge < -0.3 is 15.4 Å². The number of methoxy groups -OCH3 is 1. The summed E-state index contributed by atoms with van der Waals surface area (Å²) in [6.45, 7) is 5.48. The second-order valence-electron chi connectivity index (χ2n) is 9.25. The third-order valence-electron chi connectivity index (χ3n) is 6.30. The van der Waals surface area contributed by atoms with Gasteiger partial charge in [-0.3, -0.25) is 14.9 Å². The highest BCUT2D eigenvalue weighted by Gasteiger charge is 2.27. The van der Waals surface area contributed by atoms with Crippen LogP contribution in [0.15, 0.2) is 53.5 Å². The van der Waals surface area contributed by atoms with Gasteiger partial charge in [-0.25, -0.2) is 14.9 Å². The zero-order chi connectivity index (χ0) is 26.1. The summed E-state index contributed by atoms with van der Waals surface area (Å²) in [6.07, 6.45) is 4.91. The minimum atomic E-state index is -0.784. The van der Waals surface area contributed by atoms with Crippen molar-refractivity contribution in [3.05, 3.63) is 59.7 Å². The minimum Gasteiger partial charge on any atom is -0.469 e. The Morgan fingerprint density at radius 3 is 2.25 bits per heavy atom. The summed E-state index contributed by atoms with van der Waals surface area (Å²) >= 11 is 0. The second kappa shape index (κ2) is 12.9. The predicted molar refractivity (Wildman–Crippen MR) is 140 cm³/mol. The maximum atomic E-state index is 13.2. The number of hydroxylamine groups is 2. The lowest BCUT2D eigenvalue weighted by Crippen LogP contribution is -2.49. The van der Waals surface area contributed by atoms with Gasteiger partial charge in [0.25, 0.3) is 0 Å². The summed E-state index contributed by atoms with van der Waals surface area (Å²) in [5, 5.41) is 10.9. The smallest absolute Gasteiger partial charge is 0.350 e. The van der Waals surface area contributed by atoms with Gasteiger partial charge in [0.15, 0.2) is 0 Å². The van der Waals surface area contributed by atoms with Crippen LogP contribution in [0.5, 0.6) is 0 Å². The lowest BCUT2D eigenvalue weighted by molar-refractivity contribution is -0.148. The molecule has 0 saturated carbocycles. The molecule has 9 heteroatoms. The van der Waals surface area contributed by atoms with Crippen molar-refractivity contribution in [2.45, 2.75) is 46.1 Å². The molecule has 0 unspecified atom stereocenters. The molecule has 9 nitrogen and oxygen atoms in total. The number of amides is 2. The van der Waals surface area contributed by atoms with Crippen molar-refractivity contribution >= 4 is 29.3 Å². The van der Waals surface area contributed by atoms with Crippen molar-refractivity contribution < 1.29 is 19.5 Å². The van der Waals surface area contributed by atoms with Crippen LogP contribution in [0.4, 0.5) is 16.2 Å². The number of anilines is 1. The number of esters is 1. The highest BCUT2D eigenvalue weighted by molar-refractivity contribution is 5.96. The summed E-state index contributed by atoms with van der Waals surface area (Å²) < 4.78 is 4.69. The Morgan fingerprint density at radius 1 is 1.06 bits per heavy atom. The molecule has 1 fully saturated rings.